The summed E-state index contributed by atoms with van der Waals surface area (Å²) >= 11 is 0. The molecule has 2 fully saturated rings. The van der Waals surface area contributed by atoms with Crippen molar-refractivity contribution in [3.8, 4) is 0 Å². The van der Waals surface area contributed by atoms with Crippen LogP contribution in [0.5, 0.6) is 0 Å². The molecule has 0 aromatic heterocycles. The van der Waals surface area contributed by atoms with Crippen LogP contribution in [0.3, 0.4) is 0 Å². The maximum atomic E-state index is 11.0. The zero-order valence-corrected chi connectivity index (χ0v) is 8.67. The average molecular weight is 196 g/mol. The van der Waals surface area contributed by atoms with Crippen molar-refractivity contribution in [1.82, 2.24) is 5.32 Å². The number of hydrogen-bond acceptors (Lipinski definition) is 2. The van der Waals surface area contributed by atoms with E-state index >= 15 is 0 Å². The van der Waals surface area contributed by atoms with Gasteiger partial charge in [-0.25, -0.2) is 0 Å². The fourth-order valence-corrected chi connectivity index (χ4v) is 2.45. The van der Waals surface area contributed by atoms with E-state index in [1.807, 2.05) is 0 Å². The van der Waals surface area contributed by atoms with Crippen LogP contribution < -0.4 is 11.1 Å². The van der Waals surface area contributed by atoms with Crippen molar-refractivity contribution >= 4 is 5.91 Å². The number of rotatable bonds is 3. The maximum absolute atomic E-state index is 11.0. The summed E-state index contributed by atoms with van der Waals surface area (Å²) in [5, 5.41) is 3.66. The quantitative estimate of drug-likeness (QED) is 0.712. The predicted molar refractivity (Wildman–Crippen MR) is 55.7 cm³/mol. The summed E-state index contributed by atoms with van der Waals surface area (Å²) in [7, 11) is 0. The van der Waals surface area contributed by atoms with E-state index in [-0.39, 0.29) is 11.8 Å². The second-order valence-corrected chi connectivity index (χ2v) is 4.75. The lowest BCUT2D eigenvalue weighted by Crippen LogP contribution is -2.44. The monoisotopic (exact) mass is 196 g/mol. The van der Waals surface area contributed by atoms with Crippen LogP contribution in [0.15, 0.2) is 0 Å². The summed E-state index contributed by atoms with van der Waals surface area (Å²) in [5.74, 6) is 0.0431. The summed E-state index contributed by atoms with van der Waals surface area (Å²) in [4.78, 5) is 11.0. The molecule has 0 spiro atoms. The van der Waals surface area contributed by atoms with Crippen LogP contribution >= 0.6 is 0 Å². The standard InChI is InChI=1S/C11H20N2O/c12-11(14)8-4-6-10(7-5-8)13-9-2-1-3-9/h8-10,13H,1-7H2,(H2,12,14). The first-order chi connectivity index (χ1) is 6.75. The summed E-state index contributed by atoms with van der Waals surface area (Å²) in [6.45, 7) is 0. The van der Waals surface area contributed by atoms with Gasteiger partial charge < -0.3 is 11.1 Å². The van der Waals surface area contributed by atoms with E-state index in [4.69, 9.17) is 5.73 Å². The molecule has 3 N–H and O–H groups in total. The van der Waals surface area contributed by atoms with Crippen LogP contribution in [0.25, 0.3) is 0 Å². The predicted octanol–water partition coefficient (Wildman–Crippen LogP) is 1.17. The topological polar surface area (TPSA) is 55.1 Å². The largest absolute Gasteiger partial charge is 0.369 e. The first kappa shape index (κ1) is 9.97. The second-order valence-electron chi connectivity index (χ2n) is 4.75. The summed E-state index contributed by atoms with van der Waals surface area (Å²) in [6, 6.07) is 1.42. The van der Waals surface area contributed by atoms with Gasteiger partial charge in [-0.2, -0.15) is 0 Å². The molecule has 0 aromatic carbocycles. The Morgan fingerprint density at radius 2 is 1.57 bits per heavy atom. The molecule has 2 aliphatic carbocycles. The van der Waals surface area contributed by atoms with Crippen molar-refractivity contribution < 1.29 is 4.79 Å². The number of primary amides is 1. The number of hydrogen-bond donors (Lipinski definition) is 2. The number of carbonyl (C=O) groups is 1. The first-order valence-corrected chi connectivity index (χ1v) is 5.81. The summed E-state index contributed by atoms with van der Waals surface area (Å²) < 4.78 is 0. The SMILES string of the molecule is NC(=O)C1CCC(NC2CCC2)CC1. The Balaban J connectivity index is 1.69. The molecule has 0 atom stereocenters. The zero-order chi connectivity index (χ0) is 9.97. The highest BCUT2D eigenvalue weighted by Crippen LogP contribution is 2.26. The Bertz CT molecular complexity index is 205. The van der Waals surface area contributed by atoms with Crippen molar-refractivity contribution in [1.29, 1.82) is 0 Å². The third kappa shape index (κ3) is 2.27. The van der Waals surface area contributed by atoms with E-state index in [9.17, 15) is 4.79 Å². The molecule has 3 heteroatoms. The normalized spacial score (nSPS) is 33.7. The minimum Gasteiger partial charge on any atom is -0.369 e. The molecule has 80 valence electrons. The van der Waals surface area contributed by atoms with Gasteiger partial charge in [-0.1, -0.05) is 6.42 Å². The molecule has 14 heavy (non-hydrogen) atoms. The minimum absolute atomic E-state index is 0.105. The molecular weight excluding hydrogens is 176 g/mol. The highest BCUT2D eigenvalue weighted by Gasteiger charge is 2.27. The van der Waals surface area contributed by atoms with Crippen LogP contribution in [-0.2, 0) is 4.79 Å². The fourth-order valence-electron chi connectivity index (χ4n) is 2.45. The van der Waals surface area contributed by atoms with Gasteiger partial charge in [-0.05, 0) is 38.5 Å². The lowest BCUT2D eigenvalue weighted by Gasteiger charge is -2.34. The van der Waals surface area contributed by atoms with Gasteiger partial charge in [0.15, 0.2) is 0 Å². The minimum atomic E-state index is -0.105. The molecule has 2 rings (SSSR count). The van der Waals surface area contributed by atoms with E-state index in [1.165, 1.54) is 19.3 Å². The highest BCUT2D eigenvalue weighted by atomic mass is 16.1. The van der Waals surface area contributed by atoms with E-state index in [2.05, 4.69) is 5.32 Å². The molecule has 0 saturated heterocycles. The molecule has 1 amide bonds. The van der Waals surface area contributed by atoms with Crippen molar-refractivity contribution in [3.63, 3.8) is 0 Å². The molecule has 0 aliphatic heterocycles. The van der Waals surface area contributed by atoms with Gasteiger partial charge in [0, 0.05) is 18.0 Å². The van der Waals surface area contributed by atoms with E-state index in [1.54, 1.807) is 0 Å². The molecule has 0 unspecified atom stereocenters. The summed E-state index contributed by atoms with van der Waals surface area (Å²) in [5.41, 5.74) is 5.29. The number of amides is 1. The van der Waals surface area contributed by atoms with Crippen LogP contribution in [0.1, 0.15) is 44.9 Å². The Labute approximate surface area is 85.4 Å². The van der Waals surface area contributed by atoms with Crippen molar-refractivity contribution in [3.05, 3.63) is 0 Å². The Morgan fingerprint density at radius 1 is 1.00 bits per heavy atom. The first-order valence-electron chi connectivity index (χ1n) is 5.81. The van der Waals surface area contributed by atoms with Gasteiger partial charge in [0.2, 0.25) is 5.91 Å². The van der Waals surface area contributed by atoms with Crippen molar-refractivity contribution in [2.75, 3.05) is 0 Å². The lowest BCUT2D eigenvalue weighted by atomic mass is 9.84. The fraction of sp³-hybridized carbons (Fsp3) is 0.909. The van der Waals surface area contributed by atoms with Gasteiger partial charge >= 0.3 is 0 Å². The number of nitrogens with two attached hydrogens (primary N) is 1. The molecule has 0 aromatic rings. The van der Waals surface area contributed by atoms with Gasteiger partial charge in [0.05, 0.1) is 0 Å². The molecule has 2 saturated carbocycles. The van der Waals surface area contributed by atoms with Crippen LogP contribution in [0, 0.1) is 5.92 Å². The van der Waals surface area contributed by atoms with Crippen molar-refractivity contribution in [2.24, 2.45) is 11.7 Å². The number of nitrogens with one attached hydrogen (secondary N) is 1. The molecule has 3 nitrogen and oxygen atoms in total. The average Bonchev–Trinajstić information content (AvgIpc) is 2.12. The molecule has 0 bridgehead atoms. The second kappa shape index (κ2) is 4.30. The van der Waals surface area contributed by atoms with Gasteiger partial charge in [0.1, 0.15) is 0 Å². The van der Waals surface area contributed by atoms with Crippen LogP contribution in [0.2, 0.25) is 0 Å². The molecule has 0 heterocycles. The van der Waals surface area contributed by atoms with Crippen molar-refractivity contribution in [2.45, 2.75) is 57.0 Å². The zero-order valence-electron chi connectivity index (χ0n) is 8.67. The third-order valence-corrected chi connectivity index (χ3v) is 3.71. The Hall–Kier alpha value is -0.570. The Morgan fingerprint density at radius 3 is 2.00 bits per heavy atom. The van der Waals surface area contributed by atoms with Gasteiger partial charge in [0.25, 0.3) is 0 Å². The van der Waals surface area contributed by atoms with Gasteiger partial charge in [-0.15, -0.1) is 0 Å². The van der Waals surface area contributed by atoms with E-state index < -0.39 is 0 Å². The Kier molecular flexibility index (Phi) is 3.06. The number of carbonyl (C=O) groups excluding carboxylic acids is 1. The van der Waals surface area contributed by atoms with Crippen LogP contribution in [-0.4, -0.2) is 18.0 Å². The van der Waals surface area contributed by atoms with Gasteiger partial charge in [-0.3, -0.25) is 4.79 Å². The smallest absolute Gasteiger partial charge is 0.220 e. The van der Waals surface area contributed by atoms with Crippen LogP contribution in [0.4, 0.5) is 0 Å². The third-order valence-electron chi connectivity index (χ3n) is 3.71. The maximum Gasteiger partial charge on any atom is 0.220 e. The molecular formula is C11H20N2O. The molecule has 0 radical (unpaired) electrons. The van der Waals surface area contributed by atoms with E-state index in [0.717, 1.165) is 31.7 Å². The summed E-state index contributed by atoms with van der Waals surface area (Å²) in [6.07, 6.45) is 8.30. The van der Waals surface area contributed by atoms with E-state index in [0.29, 0.717) is 6.04 Å². The lowest BCUT2D eigenvalue weighted by molar-refractivity contribution is -0.122. The molecule has 2 aliphatic rings. The highest BCUT2D eigenvalue weighted by molar-refractivity contribution is 5.76.